The molecule has 3 aromatic rings. The number of amides is 1. The van der Waals surface area contributed by atoms with Gasteiger partial charge in [-0.15, -0.1) is 0 Å². The summed E-state index contributed by atoms with van der Waals surface area (Å²) < 4.78 is 39.3. The van der Waals surface area contributed by atoms with Gasteiger partial charge < -0.3 is 9.88 Å². The van der Waals surface area contributed by atoms with Crippen LogP contribution in [-0.2, 0) is 34.3 Å². The van der Waals surface area contributed by atoms with E-state index < -0.39 is 15.8 Å². The van der Waals surface area contributed by atoms with Crippen molar-refractivity contribution in [2.45, 2.75) is 24.4 Å². The largest absolute Gasteiger partial charge is 0.326 e. The normalized spacial score (nSPS) is 14.2. The van der Waals surface area contributed by atoms with E-state index in [1.54, 1.807) is 12.1 Å². The molecule has 0 bridgehead atoms. The zero-order chi connectivity index (χ0) is 23.0. The minimum atomic E-state index is -3.81. The number of nitrogens with zero attached hydrogens (tertiary/aromatic N) is 3. The van der Waals surface area contributed by atoms with Gasteiger partial charge in [0, 0.05) is 30.3 Å². The summed E-state index contributed by atoms with van der Waals surface area (Å²) in [4.78, 5) is 19.4. The van der Waals surface area contributed by atoms with Crippen molar-refractivity contribution in [1.82, 2.24) is 14.5 Å². The number of primary sulfonamides is 1. The van der Waals surface area contributed by atoms with Gasteiger partial charge in [0.05, 0.1) is 28.3 Å². The van der Waals surface area contributed by atoms with Crippen LogP contribution in [0.4, 0.5) is 10.1 Å². The lowest BCUT2D eigenvalue weighted by molar-refractivity contribution is -0.115. The predicted octanol–water partition coefficient (Wildman–Crippen LogP) is 2.62. The Kier molecular flexibility index (Phi) is 6.04. The Balaban J connectivity index is 1.60. The van der Waals surface area contributed by atoms with Gasteiger partial charge in [0.15, 0.2) is 0 Å². The summed E-state index contributed by atoms with van der Waals surface area (Å²) in [6.07, 6.45) is -0.0185. The molecule has 3 N–H and O–H groups in total. The molecular formula is C21H21ClFN5O3S. The molecule has 1 aliphatic heterocycles. The molecule has 11 heteroatoms. The van der Waals surface area contributed by atoms with Crippen LogP contribution in [0.3, 0.4) is 0 Å². The van der Waals surface area contributed by atoms with E-state index in [1.165, 1.54) is 30.3 Å². The van der Waals surface area contributed by atoms with E-state index in [0.717, 1.165) is 12.2 Å². The highest BCUT2D eigenvalue weighted by Crippen LogP contribution is 2.29. The van der Waals surface area contributed by atoms with Gasteiger partial charge in [-0.25, -0.2) is 22.9 Å². The van der Waals surface area contributed by atoms with Crippen molar-refractivity contribution in [2.75, 3.05) is 18.9 Å². The smallest absolute Gasteiger partial charge is 0.238 e. The van der Waals surface area contributed by atoms with E-state index in [4.69, 9.17) is 16.7 Å². The Bertz CT molecular complexity index is 1290. The molecule has 0 radical (unpaired) electrons. The first-order valence-electron chi connectivity index (χ1n) is 9.77. The number of sulfonamides is 1. The van der Waals surface area contributed by atoms with E-state index >= 15 is 0 Å². The van der Waals surface area contributed by atoms with Gasteiger partial charge in [-0.2, -0.15) is 0 Å². The van der Waals surface area contributed by atoms with Gasteiger partial charge in [0.1, 0.15) is 11.6 Å². The number of nitrogens with two attached hydrogens (primary N) is 1. The molecular weight excluding hydrogens is 457 g/mol. The van der Waals surface area contributed by atoms with E-state index in [-0.39, 0.29) is 17.2 Å². The molecule has 8 nitrogen and oxygen atoms in total. The van der Waals surface area contributed by atoms with Crippen molar-refractivity contribution in [3.63, 3.8) is 0 Å². The number of rotatable bonds is 5. The van der Waals surface area contributed by atoms with Crippen molar-refractivity contribution >= 4 is 33.2 Å². The van der Waals surface area contributed by atoms with Crippen molar-refractivity contribution in [1.29, 1.82) is 0 Å². The summed E-state index contributed by atoms with van der Waals surface area (Å²) in [6, 6.07) is 9.99. The number of fused-ring (bicyclic) bond motifs is 1. The number of aromatic nitrogens is 2. The Morgan fingerprint density at radius 3 is 2.59 bits per heavy atom. The summed E-state index contributed by atoms with van der Waals surface area (Å²) in [5, 5.41) is 8.11. The van der Waals surface area contributed by atoms with Gasteiger partial charge in [-0.05, 0) is 49.5 Å². The molecule has 0 saturated heterocycles. The fraction of sp³-hybridized carbons (Fsp3) is 0.238. The zero-order valence-corrected chi connectivity index (χ0v) is 18.8. The quantitative estimate of drug-likeness (QED) is 0.587. The topological polar surface area (TPSA) is 110 Å². The van der Waals surface area contributed by atoms with Gasteiger partial charge in [-0.3, -0.25) is 9.69 Å². The van der Waals surface area contributed by atoms with Crippen LogP contribution in [0.2, 0.25) is 5.02 Å². The maximum absolute atomic E-state index is 14.6. The highest BCUT2D eigenvalue weighted by atomic mass is 35.5. The lowest BCUT2D eigenvalue weighted by atomic mass is 10.2. The van der Waals surface area contributed by atoms with E-state index in [0.29, 0.717) is 40.9 Å². The Morgan fingerprint density at radius 2 is 1.94 bits per heavy atom. The van der Waals surface area contributed by atoms with Crippen LogP contribution in [0.5, 0.6) is 0 Å². The van der Waals surface area contributed by atoms with Gasteiger partial charge >= 0.3 is 0 Å². The molecule has 0 aliphatic carbocycles. The average molecular weight is 478 g/mol. The molecule has 4 rings (SSSR count). The number of likely N-dealkylation sites (N-methyl/N-ethyl adjacent to an activating group) is 1. The number of carbonyl (C=O) groups is 1. The van der Waals surface area contributed by atoms with Crippen molar-refractivity contribution < 1.29 is 17.6 Å². The van der Waals surface area contributed by atoms with Gasteiger partial charge in [0.2, 0.25) is 15.9 Å². The predicted molar refractivity (Wildman–Crippen MR) is 119 cm³/mol. The van der Waals surface area contributed by atoms with Crippen molar-refractivity contribution in [3.05, 3.63) is 64.7 Å². The molecule has 0 unspecified atom stereocenters. The fourth-order valence-electron chi connectivity index (χ4n) is 3.66. The summed E-state index contributed by atoms with van der Waals surface area (Å²) >= 11 is 5.89. The second kappa shape index (κ2) is 8.62. The second-order valence-corrected chi connectivity index (χ2v) is 9.63. The Morgan fingerprint density at radius 1 is 1.22 bits per heavy atom. The number of anilines is 1. The van der Waals surface area contributed by atoms with Crippen LogP contribution >= 0.6 is 11.6 Å². The minimum Gasteiger partial charge on any atom is -0.326 e. The third kappa shape index (κ3) is 4.68. The average Bonchev–Trinajstić information content (AvgIpc) is 3.05. The van der Waals surface area contributed by atoms with Crippen LogP contribution in [0, 0.1) is 5.82 Å². The standard InChI is InChI=1S/C21H21ClFN5O3S/c1-27-8-9-28-19(12-27)18(26-21(28)16-7-2-13(22)10-17(16)23)11-20(29)25-14-3-5-15(6-4-14)32(24,30)31/h2-7,10H,8-9,11-12H2,1H3,(H,25,29)(H2,24,30,31). The van der Waals surface area contributed by atoms with Gasteiger partial charge in [-0.1, -0.05) is 11.6 Å². The zero-order valence-electron chi connectivity index (χ0n) is 17.2. The molecule has 1 amide bonds. The fourth-order valence-corrected chi connectivity index (χ4v) is 4.34. The summed E-state index contributed by atoms with van der Waals surface area (Å²) in [5.41, 5.74) is 2.16. The monoisotopic (exact) mass is 477 g/mol. The number of carbonyl (C=O) groups excluding carboxylic acids is 1. The van der Waals surface area contributed by atoms with E-state index in [9.17, 15) is 17.6 Å². The number of nitrogens with one attached hydrogen (secondary N) is 1. The van der Waals surface area contributed by atoms with Crippen molar-refractivity contribution in [3.8, 4) is 11.4 Å². The molecule has 0 saturated carbocycles. The van der Waals surface area contributed by atoms with Crippen LogP contribution in [0.25, 0.3) is 11.4 Å². The molecule has 1 aliphatic rings. The maximum Gasteiger partial charge on any atom is 0.238 e. The molecule has 0 fully saturated rings. The molecule has 0 atom stereocenters. The van der Waals surface area contributed by atoms with Crippen LogP contribution < -0.4 is 10.5 Å². The van der Waals surface area contributed by atoms with Crippen LogP contribution in [-0.4, -0.2) is 42.4 Å². The van der Waals surface area contributed by atoms with Gasteiger partial charge in [0.25, 0.3) is 0 Å². The van der Waals surface area contributed by atoms with Crippen LogP contribution in [0.15, 0.2) is 47.4 Å². The second-order valence-electron chi connectivity index (χ2n) is 7.64. The number of halogens is 2. The molecule has 0 spiro atoms. The van der Waals surface area contributed by atoms with E-state index in [2.05, 4.69) is 15.2 Å². The third-order valence-electron chi connectivity index (χ3n) is 5.25. The number of hydrogen-bond acceptors (Lipinski definition) is 5. The maximum atomic E-state index is 14.6. The van der Waals surface area contributed by atoms with Crippen molar-refractivity contribution in [2.24, 2.45) is 5.14 Å². The molecule has 2 aromatic carbocycles. The Labute approximate surface area is 189 Å². The first kappa shape index (κ1) is 22.4. The number of hydrogen-bond donors (Lipinski definition) is 2. The van der Waals surface area contributed by atoms with Crippen LogP contribution in [0.1, 0.15) is 11.4 Å². The molecule has 2 heterocycles. The molecule has 1 aromatic heterocycles. The van der Waals surface area contributed by atoms with E-state index in [1.807, 2.05) is 11.6 Å². The molecule has 32 heavy (non-hydrogen) atoms. The number of imidazole rings is 1. The summed E-state index contributed by atoms with van der Waals surface area (Å²) in [6.45, 7) is 1.97. The summed E-state index contributed by atoms with van der Waals surface area (Å²) in [5.74, 6) is -0.344. The summed E-state index contributed by atoms with van der Waals surface area (Å²) in [7, 11) is -1.84. The first-order chi connectivity index (χ1) is 15.1. The Hall–Kier alpha value is -2.79. The number of benzene rings is 2. The first-order valence-corrected chi connectivity index (χ1v) is 11.7. The lowest BCUT2D eigenvalue weighted by Gasteiger charge is -2.26. The SMILES string of the molecule is CN1CCn2c(-c3ccc(Cl)cc3F)nc(CC(=O)Nc3ccc(S(N)(=O)=O)cc3)c2C1. The lowest BCUT2D eigenvalue weighted by Crippen LogP contribution is -2.31. The highest BCUT2D eigenvalue weighted by molar-refractivity contribution is 7.89. The minimum absolute atomic E-state index is 0.0185. The highest BCUT2D eigenvalue weighted by Gasteiger charge is 2.25. The third-order valence-corrected chi connectivity index (χ3v) is 6.41. The molecule has 168 valence electrons.